The lowest BCUT2D eigenvalue weighted by Crippen LogP contribution is -1.85. The summed E-state index contributed by atoms with van der Waals surface area (Å²) in [6.45, 7) is 9.84. The molecule has 2 rings (SSSR count). The molecule has 0 radical (unpaired) electrons. The van der Waals surface area contributed by atoms with E-state index in [2.05, 4.69) is 62.5 Å². The molecule has 0 heterocycles. The maximum Gasteiger partial charge on any atom is -0.0178 e. The maximum atomic E-state index is 3.85. The molecule has 0 spiro atoms. The average molecular weight is 234 g/mol. The van der Waals surface area contributed by atoms with E-state index < -0.39 is 0 Å². The van der Waals surface area contributed by atoms with Gasteiger partial charge in [-0.3, -0.25) is 0 Å². The van der Waals surface area contributed by atoms with Crippen LogP contribution in [-0.2, 0) is 6.42 Å². The first-order chi connectivity index (χ1) is 8.78. The van der Waals surface area contributed by atoms with Gasteiger partial charge in [-0.15, -0.1) is 0 Å². The summed E-state index contributed by atoms with van der Waals surface area (Å²) in [6, 6.07) is 15.1. The topological polar surface area (TPSA) is 0 Å². The lowest BCUT2D eigenvalue weighted by Gasteiger charge is -2.07. The first-order valence-electron chi connectivity index (χ1n) is 6.26. The third-order valence-electron chi connectivity index (χ3n) is 3.22. The summed E-state index contributed by atoms with van der Waals surface area (Å²) in [6.07, 6.45) is 4.81. The molecule has 0 N–H and O–H groups in total. The van der Waals surface area contributed by atoms with Gasteiger partial charge in [0.2, 0.25) is 0 Å². The fourth-order valence-electron chi connectivity index (χ4n) is 2.05. The Hall–Kier alpha value is -2.08. The van der Waals surface area contributed by atoms with Crippen LogP contribution in [0, 0.1) is 0 Å². The summed E-state index contributed by atoms with van der Waals surface area (Å²) >= 11 is 0. The van der Waals surface area contributed by atoms with E-state index in [4.69, 9.17) is 0 Å². The van der Waals surface area contributed by atoms with Crippen LogP contribution in [0.4, 0.5) is 0 Å². The van der Waals surface area contributed by atoms with E-state index in [0.29, 0.717) is 0 Å². The normalized spacial score (nSPS) is 10.1. The van der Waals surface area contributed by atoms with E-state index in [1.807, 2.05) is 12.2 Å². The number of hydrogen-bond donors (Lipinski definition) is 0. The smallest absolute Gasteiger partial charge is 0.0178 e. The second-order valence-electron chi connectivity index (χ2n) is 4.30. The molecule has 0 aromatic heterocycles. The van der Waals surface area contributed by atoms with E-state index in [1.165, 1.54) is 16.7 Å². The van der Waals surface area contributed by atoms with Gasteiger partial charge in [0.05, 0.1) is 0 Å². The molecule has 0 heteroatoms. The van der Waals surface area contributed by atoms with Crippen molar-refractivity contribution in [2.24, 2.45) is 0 Å². The number of benzene rings is 2. The van der Waals surface area contributed by atoms with Gasteiger partial charge in [0, 0.05) is 0 Å². The maximum absolute atomic E-state index is 3.85. The standard InChI is InChI=1S/C18H18/c1-4-14-7-9-17(10-8-14)18-12-11-15(5-2)16(6-3)13-18/h5-13H,2-4H2,1H3. The van der Waals surface area contributed by atoms with Gasteiger partial charge in [-0.05, 0) is 40.3 Å². The third-order valence-corrected chi connectivity index (χ3v) is 3.22. The van der Waals surface area contributed by atoms with Crippen molar-refractivity contribution in [3.05, 3.63) is 72.3 Å². The Balaban J connectivity index is 2.43. The molecule has 0 atom stereocenters. The van der Waals surface area contributed by atoms with E-state index in [-0.39, 0.29) is 0 Å². The lowest BCUT2D eigenvalue weighted by molar-refractivity contribution is 1.14. The van der Waals surface area contributed by atoms with Crippen molar-refractivity contribution in [3.8, 4) is 11.1 Å². The SMILES string of the molecule is C=Cc1ccc(-c2ccc(CC)cc2)cc1C=C. The summed E-state index contributed by atoms with van der Waals surface area (Å²) < 4.78 is 0. The number of hydrogen-bond acceptors (Lipinski definition) is 0. The molecule has 0 aliphatic rings. The molecule has 0 aliphatic heterocycles. The van der Waals surface area contributed by atoms with Gasteiger partial charge < -0.3 is 0 Å². The van der Waals surface area contributed by atoms with Gasteiger partial charge in [-0.2, -0.15) is 0 Å². The van der Waals surface area contributed by atoms with Crippen LogP contribution in [0.5, 0.6) is 0 Å². The highest BCUT2D eigenvalue weighted by Crippen LogP contribution is 2.24. The molecule has 18 heavy (non-hydrogen) atoms. The Kier molecular flexibility index (Phi) is 3.78. The molecule has 0 bridgehead atoms. The first-order valence-corrected chi connectivity index (χ1v) is 6.26. The summed E-state index contributed by atoms with van der Waals surface area (Å²) in [4.78, 5) is 0. The Morgan fingerprint density at radius 1 is 0.833 bits per heavy atom. The molecule has 0 fully saturated rings. The molecule has 2 aromatic rings. The minimum absolute atomic E-state index is 1.08. The first kappa shape index (κ1) is 12.4. The highest BCUT2D eigenvalue weighted by Gasteiger charge is 2.01. The third kappa shape index (κ3) is 2.43. The summed E-state index contributed by atoms with van der Waals surface area (Å²) in [5.74, 6) is 0. The number of rotatable bonds is 4. The second-order valence-corrected chi connectivity index (χ2v) is 4.30. The predicted molar refractivity (Wildman–Crippen MR) is 81.4 cm³/mol. The van der Waals surface area contributed by atoms with Gasteiger partial charge in [-0.25, -0.2) is 0 Å². The molecular weight excluding hydrogens is 216 g/mol. The van der Waals surface area contributed by atoms with Crippen LogP contribution in [-0.4, -0.2) is 0 Å². The Morgan fingerprint density at radius 3 is 2.00 bits per heavy atom. The van der Waals surface area contributed by atoms with E-state index >= 15 is 0 Å². The van der Waals surface area contributed by atoms with Gasteiger partial charge in [0.15, 0.2) is 0 Å². The zero-order valence-corrected chi connectivity index (χ0v) is 10.8. The Labute approximate surface area is 109 Å². The van der Waals surface area contributed by atoms with Crippen molar-refractivity contribution < 1.29 is 0 Å². The Bertz CT molecular complexity index is 559. The van der Waals surface area contributed by atoms with E-state index in [0.717, 1.165) is 17.5 Å². The van der Waals surface area contributed by atoms with Crippen molar-refractivity contribution in [3.63, 3.8) is 0 Å². The van der Waals surface area contributed by atoms with Crippen molar-refractivity contribution in [1.29, 1.82) is 0 Å². The molecule has 0 amide bonds. The second kappa shape index (κ2) is 5.50. The van der Waals surface area contributed by atoms with Crippen molar-refractivity contribution in [1.82, 2.24) is 0 Å². The van der Waals surface area contributed by atoms with Crippen molar-refractivity contribution in [2.75, 3.05) is 0 Å². The minimum atomic E-state index is 1.08. The molecule has 0 aliphatic carbocycles. The van der Waals surface area contributed by atoms with Crippen LogP contribution in [0.1, 0.15) is 23.6 Å². The molecule has 90 valence electrons. The average Bonchev–Trinajstić information content (AvgIpc) is 2.46. The zero-order valence-electron chi connectivity index (χ0n) is 10.8. The van der Waals surface area contributed by atoms with Crippen molar-refractivity contribution >= 4 is 12.2 Å². The van der Waals surface area contributed by atoms with Gasteiger partial charge in [0.25, 0.3) is 0 Å². The molecule has 0 saturated heterocycles. The van der Waals surface area contributed by atoms with E-state index in [1.54, 1.807) is 0 Å². The monoisotopic (exact) mass is 234 g/mol. The van der Waals surface area contributed by atoms with Crippen molar-refractivity contribution in [2.45, 2.75) is 13.3 Å². The van der Waals surface area contributed by atoms with Crippen LogP contribution in [0.15, 0.2) is 55.6 Å². The van der Waals surface area contributed by atoms with Crippen LogP contribution < -0.4 is 0 Å². The molecular formula is C18H18. The van der Waals surface area contributed by atoms with E-state index in [9.17, 15) is 0 Å². The lowest BCUT2D eigenvalue weighted by atomic mass is 9.98. The molecule has 0 unspecified atom stereocenters. The fourth-order valence-corrected chi connectivity index (χ4v) is 2.05. The quantitative estimate of drug-likeness (QED) is 0.682. The predicted octanol–water partition coefficient (Wildman–Crippen LogP) is 5.20. The van der Waals surface area contributed by atoms with Gasteiger partial charge in [-0.1, -0.05) is 68.6 Å². The minimum Gasteiger partial charge on any atom is -0.0984 e. The molecule has 2 aromatic carbocycles. The highest BCUT2D eigenvalue weighted by atomic mass is 14.1. The van der Waals surface area contributed by atoms with Crippen LogP contribution >= 0.6 is 0 Å². The fraction of sp³-hybridized carbons (Fsp3) is 0.111. The Morgan fingerprint density at radius 2 is 1.44 bits per heavy atom. The summed E-state index contributed by atoms with van der Waals surface area (Å²) in [5, 5.41) is 0. The molecule has 0 nitrogen and oxygen atoms in total. The molecule has 0 saturated carbocycles. The van der Waals surface area contributed by atoms with Gasteiger partial charge in [0.1, 0.15) is 0 Å². The summed E-state index contributed by atoms with van der Waals surface area (Å²) in [5.41, 5.74) is 6.08. The largest absolute Gasteiger partial charge is 0.0984 e. The zero-order chi connectivity index (χ0) is 13.0. The van der Waals surface area contributed by atoms with Crippen LogP contribution in [0.2, 0.25) is 0 Å². The summed E-state index contributed by atoms with van der Waals surface area (Å²) in [7, 11) is 0. The highest BCUT2D eigenvalue weighted by molar-refractivity contribution is 5.72. The van der Waals surface area contributed by atoms with Crippen LogP contribution in [0.25, 0.3) is 23.3 Å². The van der Waals surface area contributed by atoms with Crippen LogP contribution in [0.3, 0.4) is 0 Å². The number of aryl methyl sites for hydroxylation is 1. The van der Waals surface area contributed by atoms with Gasteiger partial charge >= 0.3 is 0 Å².